The van der Waals surface area contributed by atoms with Crippen LogP contribution in [0.1, 0.15) is 11.6 Å². The average Bonchev–Trinajstić information content (AvgIpc) is 2.90. The highest BCUT2D eigenvalue weighted by molar-refractivity contribution is 7.88. The molecule has 1 aromatic heterocycles. The highest BCUT2D eigenvalue weighted by atomic mass is 35.5. The first-order valence-electron chi connectivity index (χ1n) is 7.46. The quantitative estimate of drug-likeness (QED) is 0.850. The minimum atomic E-state index is -3.25. The molecule has 1 aliphatic rings. The second-order valence-corrected chi connectivity index (χ2v) is 8.29. The van der Waals surface area contributed by atoms with Crippen molar-refractivity contribution in [3.8, 4) is 0 Å². The summed E-state index contributed by atoms with van der Waals surface area (Å²) >= 11 is 6.04. The molecule has 3 rings (SSSR count). The number of hydrogen-bond donors (Lipinski definition) is 2. The summed E-state index contributed by atoms with van der Waals surface area (Å²) in [5.41, 5.74) is 1.45. The second-order valence-electron chi connectivity index (χ2n) is 5.87. The van der Waals surface area contributed by atoms with Crippen molar-refractivity contribution in [3.05, 3.63) is 35.0 Å². The number of H-pyrrole nitrogens is 1. The Morgan fingerprint density at radius 2 is 1.96 bits per heavy atom. The predicted molar refractivity (Wildman–Crippen MR) is 91.7 cm³/mol. The van der Waals surface area contributed by atoms with Gasteiger partial charge in [-0.05, 0) is 18.2 Å². The highest BCUT2D eigenvalue weighted by Crippen LogP contribution is 2.31. The molecule has 2 heterocycles. The van der Waals surface area contributed by atoms with E-state index in [2.05, 4.69) is 4.98 Å². The number of piperazine rings is 1. The van der Waals surface area contributed by atoms with Crippen LogP contribution >= 0.6 is 11.6 Å². The predicted octanol–water partition coefficient (Wildman–Crippen LogP) is 1.52. The molecule has 0 unspecified atom stereocenters. The van der Waals surface area contributed by atoms with E-state index in [4.69, 9.17) is 11.6 Å². The third-order valence-electron chi connectivity index (χ3n) is 4.31. The van der Waals surface area contributed by atoms with Crippen LogP contribution in [-0.4, -0.2) is 66.1 Å². The van der Waals surface area contributed by atoms with Gasteiger partial charge in [0.25, 0.3) is 0 Å². The molecule has 130 valence electrons. The molecule has 1 fully saturated rings. The van der Waals surface area contributed by atoms with Gasteiger partial charge in [-0.15, -0.1) is 0 Å². The normalized spacial score (nSPS) is 18.8. The molecule has 2 aromatic rings. The molecule has 1 aliphatic heterocycles. The Bertz CT molecular complexity index is 872. The number of halogens is 1. The number of benzene rings is 1. The van der Waals surface area contributed by atoms with Crippen LogP contribution in [0.2, 0.25) is 5.02 Å². The molecular formula is C15H18ClN3O4S. The number of aromatic nitrogens is 1. The van der Waals surface area contributed by atoms with Crippen molar-refractivity contribution in [1.29, 1.82) is 0 Å². The van der Waals surface area contributed by atoms with Crippen molar-refractivity contribution >= 4 is 38.5 Å². The summed E-state index contributed by atoms with van der Waals surface area (Å²) in [5, 5.41) is 11.0. The van der Waals surface area contributed by atoms with Crippen molar-refractivity contribution in [1.82, 2.24) is 14.2 Å². The lowest BCUT2D eigenvalue weighted by Gasteiger charge is -2.36. The van der Waals surface area contributed by atoms with Gasteiger partial charge in [0.15, 0.2) is 0 Å². The van der Waals surface area contributed by atoms with E-state index in [1.54, 1.807) is 23.2 Å². The van der Waals surface area contributed by atoms with E-state index in [-0.39, 0.29) is 13.1 Å². The van der Waals surface area contributed by atoms with Crippen LogP contribution in [0, 0.1) is 0 Å². The topological polar surface area (TPSA) is 93.7 Å². The Morgan fingerprint density at radius 1 is 1.29 bits per heavy atom. The number of carboxylic acids is 1. The fourth-order valence-electron chi connectivity index (χ4n) is 3.12. The molecule has 24 heavy (non-hydrogen) atoms. The molecule has 1 aromatic carbocycles. The van der Waals surface area contributed by atoms with Crippen molar-refractivity contribution in [2.45, 2.75) is 6.04 Å². The van der Waals surface area contributed by atoms with E-state index in [0.717, 1.165) is 10.9 Å². The van der Waals surface area contributed by atoms with Gasteiger partial charge >= 0.3 is 5.97 Å². The third kappa shape index (κ3) is 3.27. The fourth-order valence-corrected chi connectivity index (χ4v) is 4.12. The van der Waals surface area contributed by atoms with Gasteiger partial charge in [-0.1, -0.05) is 11.6 Å². The highest BCUT2D eigenvalue weighted by Gasteiger charge is 2.33. The maximum atomic E-state index is 11.9. The van der Waals surface area contributed by atoms with Gasteiger partial charge in [-0.25, -0.2) is 8.42 Å². The molecule has 2 N–H and O–H groups in total. The first-order valence-corrected chi connectivity index (χ1v) is 9.68. The van der Waals surface area contributed by atoms with Crippen LogP contribution < -0.4 is 0 Å². The summed E-state index contributed by atoms with van der Waals surface area (Å²) in [6.07, 6.45) is 2.85. The zero-order valence-corrected chi connectivity index (χ0v) is 14.6. The average molecular weight is 372 g/mol. The minimum absolute atomic E-state index is 0.283. The summed E-state index contributed by atoms with van der Waals surface area (Å²) < 4.78 is 24.6. The van der Waals surface area contributed by atoms with Crippen molar-refractivity contribution < 1.29 is 18.3 Å². The molecule has 0 saturated carbocycles. The largest absolute Gasteiger partial charge is 0.480 e. The van der Waals surface area contributed by atoms with Crippen molar-refractivity contribution in [3.63, 3.8) is 0 Å². The molecule has 1 saturated heterocycles. The molecule has 9 heteroatoms. The van der Waals surface area contributed by atoms with E-state index in [9.17, 15) is 18.3 Å². The van der Waals surface area contributed by atoms with Gasteiger partial charge in [-0.3, -0.25) is 9.69 Å². The van der Waals surface area contributed by atoms with Gasteiger partial charge in [0.2, 0.25) is 10.0 Å². The Balaban J connectivity index is 1.91. The smallest absolute Gasteiger partial charge is 0.325 e. The van der Waals surface area contributed by atoms with Crippen LogP contribution in [0.4, 0.5) is 0 Å². The lowest BCUT2D eigenvalue weighted by molar-refractivity contribution is -0.144. The van der Waals surface area contributed by atoms with Crippen LogP contribution in [0.25, 0.3) is 10.9 Å². The molecule has 1 atom stereocenters. The van der Waals surface area contributed by atoms with Crippen LogP contribution in [0.5, 0.6) is 0 Å². The molecule has 0 radical (unpaired) electrons. The van der Waals surface area contributed by atoms with Gasteiger partial charge in [-0.2, -0.15) is 4.31 Å². The lowest BCUT2D eigenvalue weighted by atomic mass is 10.0. The number of carbonyl (C=O) groups is 1. The number of nitrogens with one attached hydrogen (secondary N) is 1. The Labute approximate surface area is 144 Å². The Kier molecular flexibility index (Phi) is 4.56. The number of carboxylic acid groups (broad SMARTS) is 1. The first-order chi connectivity index (χ1) is 11.3. The van der Waals surface area contributed by atoms with Gasteiger partial charge in [0, 0.05) is 53.9 Å². The monoisotopic (exact) mass is 371 g/mol. The summed E-state index contributed by atoms with van der Waals surface area (Å²) in [6, 6.07) is 4.44. The number of aliphatic carboxylic acids is 1. The van der Waals surface area contributed by atoms with E-state index in [0.29, 0.717) is 23.7 Å². The lowest BCUT2D eigenvalue weighted by Crippen LogP contribution is -2.50. The van der Waals surface area contributed by atoms with Crippen LogP contribution in [0.15, 0.2) is 24.4 Å². The van der Waals surface area contributed by atoms with Gasteiger partial charge in [0.05, 0.1) is 6.26 Å². The molecule has 0 amide bonds. The molecule has 7 nitrogen and oxygen atoms in total. The molecule has 0 bridgehead atoms. The van der Waals surface area contributed by atoms with E-state index in [1.165, 1.54) is 10.6 Å². The van der Waals surface area contributed by atoms with Crippen molar-refractivity contribution in [2.24, 2.45) is 0 Å². The van der Waals surface area contributed by atoms with E-state index in [1.807, 2.05) is 6.07 Å². The summed E-state index contributed by atoms with van der Waals surface area (Å²) in [4.78, 5) is 16.7. The van der Waals surface area contributed by atoms with E-state index < -0.39 is 22.0 Å². The molecule has 0 spiro atoms. The van der Waals surface area contributed by atoms with Crippen molar-refractivity contribution in [2.75, 3.05) is 32.4 Å². The van der Waals surface area contributed by atoms with Crippen LogP contribution in [-0.2, 0) is 14.8 Å². The SMILES string of the molecule is CS(=O)(=O)N1CCN([C@H](C(=O)O)c2c[nH]c3ccc(Cl)cc23)CC1. The second kappa shape index (κ2) is 6.36. The Morgan fingerprint density at radius 3 is 2.54 bits per heavy atom. The zero-order chi connectivity index (χ0) is 17.5. The first kappa shape index (κ1) is 17.2. The number of sulfonamides is 1. The zero-order valence-electron chi connectivity index (χ0n) is 13.1. The number of fused-ring (bicyclic) bond motifs is 1. The summed E-state index contributed by atoms with van der Waals surface area (Å²) in [5.74, 6) is -0.969. The summed E-state index contributed by atoms with van der Waals surface area (Å²) in [7, 11) is -3.25. The van der Waals surface area contributed by atoms with E-state index >= 15 is 0 Å². The molecular weight excluding hydrogens is 354 g/mol. The minimum Gasteiger partial charge on any atom is -0.480 e. The summed E-state index contributed by atoms with van der Waals surface area (Å²) in [6.45, 7) is 1.28. The fraction of sp³-hybridized carbons (Fsp3) is 0.400. The molecule has 0 aliphatic carbocycles. The third-order valence-corrected chi connectivity index (χ3v) is 5.85. The maximum absolute atomic E-state index is 11.9. The number of nitrogens with zero attached hydrogens (tertiary/aromatic N) is 2. The Hall–Kier alpha value is -1.61. The number of hydrogen-bond acceptors (Lipinski definition) is 4. The number of aromatic amines is 1. The standard InChI is InChI=1S/C15H18ClN3O4S/c1-24(22,23)19-6-4-18(5-7-19)14(15(20)21)12-9-17-13-3-2-10(16)8-11(12)13/h2-3,8-9,14,17H,4-7H2,1H3,(H,20,21)/t14-/m0/s1. The van der Waals surface area contributed by atoms with Gasteiger partial charge in [0.1, 0.15) is 6.04 Å². The van der Waals surface area contributed by atoms with Gasteiger partial charge < -0.3 is 10.1 Å². The maximum Gasteiger partial charge on any atom is 0.325 e. The number of rotatable bonds is 4. The van der Waals surface area contributed by atoms with Crippen LogP contribution in [0.3, 0.4) is 0 Å².